The summed E-state index contributed by atoms with van der Waals surface area (Å²) in [7, 11) is 0. The number of nitrogens with one attached hydrogen (secondary N) is 1. The SMILES string of the molecule is Fc1ccc(F)c(NCc2ccncc2)c1. The number of nitrogens with zero attached hydrogens (tertiary/aromatic N) is 1. The van der Waals surface area contributed by atoms with Gasteiger partial charge >= 0.3 is 0 Å². The second-order valence-corrected chi connectivity index (χ2v) is 3.33. The normalized spacial score (nSPS) is 10.1. The number of pyridine rings is 1. The summed E-state index contributed by atoms with van der Waals surface area (Å²) in [6.45, 7) is 0.433. The van der Waals surface area contributed by atoms with Gasteiger partial charge < -0.3 is 5.32 Å². The largest absolute Gasteiger partial charge is 0.379 e. The lowest BCUT2D eigenvalue weighted by molar-refractivity contribution is 0.602. The van der Waals surface area contributed by atoms with Gasteiger partial charge in [-0.3, -0.25) is 4.98 Å². The molecule has 0 aliphatic rings. The zero-order valence-electron chi connectivity index (χ0n) is 8.45. The minimum atomic E-state index is -0.463. The van der Waals surface area contributed by atoms with E-state index in [4.69, 9.17) is 0 Å². The van der Waals surface area contributed by atoms with E-state index in [1.807, 2.05) is 12.1 Å². The third-order valence-corrected chi connectivity index (χ3v) is 2.16. The minimum Gasteiger partial charge on any atom is -0.379 e. The number of anilines is 1. The molecule has 4 heteroatoms. The van der Waals surface area contributed by atoms with Crippen molar-refractivity contribution in [3.8, 4) is 0 Å². The Bertz CT molecular complexity index is 472. The number of benzene rings is 1. The highest BCUT2D eigenvalue weighted by molar-refractivity contribution is 5.45. The summed E-state index contributed by atoms with van der Waals surface area (Å²) in [6.07, 6.45) is 3.30. The number of hydrogen-bond acceptors (Lipinski definition) is 2. The van der Waals surface area contributed by atoms with Crippen LogP contribution in [0.15, 0.2) is 42.7 Å². The second-order valence-electron chi connectivity index (χ2n) is 3.33. The van der Waals surface area contributed by atoms with Crippen LogP contribution in [-0.4, -0.2) is 4.98 Å². The van der Waals surface area contributed by atoms with Crippen molar-refractivity contribution in [2.24, 2.45) is 0 Å². The van der Waals surface area contributed by atoms with Gasteiger partial charge in [-0.2, -0.15) is 0 Å². The fourth-order valence-electron chi connectivity index (χ4n) is 1.33. The molecule has 0 amide bonds. The van der Waals surface area contributed by atoms with Crippen molar-refractivity contribution in [1.29, 1.82) is 0 Å². The van der Waals surface area contributed by atoms with E-state index >= 15 is 0 Å². The molecule has 1 heterocycles. The fourth-order valence-corrected chi connectivity index (χ4v) is 1.33. The molecule has 0 saturated carbocycles. The first-order valence-electron chi connectivity index (χ1n) is 4.83. The fraction of sp³-hybridized carbons (Fsp3) is 0.0833. The van der Waals surface area contributed by atoms with Crippen LogP contribution in [0.4, 0.5) is 14.5 Å². The molecule has 0 spiro atoms. The Morgan fingerprint density at radius 1 is 1.06 bits per heavy atom. The Morgan fingerprint density at radius 2 is 1.81 bits per heavy atom. The summed E-state index contributed by atoms with van der Waals surface area (Å²) in [5.41, 5.74) is 1.12. The summed E-state index contributed by atoms with van der Waals surface area (Å²) in [6, 6.07) is 6.95. The molecule has 0 fully saturated rings. The van der Waals surface area contributed by atoms with E-state index in [1.165, 1.54) is 0 Å². The van der Waals surface area contributed by atoms with Crippen molar-refractivity contribution in [3.05, 3.63) is 59.9 Å². The highest BCUT2D eigenvalue weighted by atomic mass is 19.1. The summed E-state index contributed by atoms with van der Waals surface area (Å²) in [4.78, 5) is 3.87. The smallest absolute Gasteiger partial charge is 0.146 e. The molecule has 0 unspecified atom stereocenters. The van der Waals surface area contributed by atoms with Crippen molar-refractivity contribution >= 4 is 5.69 Å². The van der Waals surface area contributed by atoms with Crippen molar-refractivity contribution < 1.29 is 8.78 Å². The van der Waals surface area contributed by atoms with Gasteiger partial charge in [0.15, 0.2) is 0 Å². The Morgan fingerprint density at radius 3 is 2.56 bits per heavy atom. The molecule has 16 heavy (non-hydrogen) atoms. The van der Waals surface area contributed by atoms with Gasteiger partial charge in [-0.1, -0.05) is 0 Å². The minimum absolute atomic E-state index is 0.164. The van der Waals surface area contributed by atoms with Crippen molar-refractivity contribution in [2.75, 3.05) is 5.32 Å². The van der Waals surface area contributed by atoms with E-state index in [-0.39, 0.29) is 5.69 Å². The number of aromatic nitrogens is 1. The predicted octanol–water partition coefficient (Wildman–Crippen LogP) is 2.97. The van der Waals surface area contributed by atoms with E-state index in [1.54, 1.807) is 12.4 Å². The average molecular weight is 220 g/mol. The highest BCUT2D eigenvalue weighted by Crippen LogP contribution is 2.16. The van der Waals surface area contributed by atoms with Crippen molar-refractivity contribution in [1.82, 2.24) is 4.98 Å². The second kappa shape index (κ2) is 4.70. The third-order valence-electron chi connectivity index (χ3n) is 2.16. The zero-order valence-corrected chi connectivity index (χ0v) is 8.45. The molecular formula is C12H10F2N2. The summed E-state index contributed by atoms with van der Waals surface area (Å²) < 4.78 is 26.1. The number of hydrogen-bond donors (Lipinski definition) is 1. The van der Waals surface area contributed by atoms with Gasteiger partial charge in [-0.05, 0) is 35.9 Å². The van der Waals surface area contributed by atoms with Gasteiger partial charge in [0.1, 0.15) is 11.6 Å². The summed E-state index contributed by atoms with van der Waals surface area (Å²) in [5.74, 6) is -0.922. The predicted molar refractivity (Wildman–Crippen MR) is 57.9 cm³/mol. The Kier molecular flexibility index (Phi) is 3.10. The van der Waals surface area contributed by atoms with Gasteiger partial charge in [0.05, 0.1) is 5.69 Å². The lowest BCUT2D eigenvalue weighted by atomic mass is 10.2. The van der Waals surface area contributed by atoms with Crippen LogP contribution in [0, 0.1) is 11.6 Å². The van der Waals surface area contributed by atoms with Crippen molar-refractivity contribution in [3.63, 3.8) is 0 Å². The monoisotopic (exact) mass is 220 g/mol. The molecule has 2 aromatic rings. The Labute approximate surface area is 92.0 Å². The van der Waals surface area contributed by atoms with Crippen LogP contribution < -0.4 is 5.32 Å². The standard InChI is InChI=1S/C12H10F2N2/c13-10-1-2-11(14)12(7-10)16-8-9-3-5-15-6-4-9/h1-7,16H,8H2. The van der Waals surface area contributed by atoms with E-state index in [9.17, 15) is 8.78 Å². The van der Waals surface area contributed by atoms with Gasteiger partial charge in [-0.25, -0.2) is 8.78 Å². The van der Waals surface area contributed by atoms with Gasteiger partial charge in [0.2, 0.25) is 0 Å². The lowest BCUT2D eigenvalue weighted by Gasteiger charge is -2.07. The Hall–Kier alpha value is -1.97. The quantitative estimate of drug-likeness (QED) is 0.860. The maximum atomic E-state index is 13.2. The third kappa shape index (κ3) is 2.53. The molecule has 1 aromatic carbocycles. The topological polar surface area (TPSA) is 24.9 Å². The average Bonchev–Trinajstić information content (AvgIpc) is 2.32. The highest BCUT2D eigenvalue weighted by Gasteiger charge is 2.02. The van der Waals surface area contributed by atoms with Crippen LogP contribution in [-0.2, 0) is 6.54 Å². The first-order chi connectivity index (χ1) is 7.75. The number of rotatable bonds is 3. The molecule has 1 aromatic heterocycles. The number of halogens is 2. The van der Waals surface area contributed by atoms with E-state index in [2.05, 4.69) is 10.3 Å². The molecule has 2 nitrogen and oxygen atoms in total. The maximum absolute atomic E-state index is 13.2. The van der Waals surface area contributed by atoms with Crippen LogP contribution in [0.25, 0.3) is 0 Å². The van der Waals surface area contributed by atoms with Gasteiger partial charge in [-0.15, -0.1) is 0 Å². The first-order valence-corrected chi connectivity index (χ1v) is 4.83. The van der Waals surface area contributed by atoms with Crippen LogP contribution in [0.1, 0.15) is 5.56 Å². The molecule has 82 valence electrons. The Balaban J connectivity index is 2.08. The molecule has 0 aliphatic heterocycles. The zero-order chi connectivity index (χ0) is 11.4. The first kappa shape index (κ1) is 10.5. The van der Waals surface area contributed by atoms with Crippen LogP contribution in [0.2, 0.25) is 0 Å². The van der Waals surface area contributed by atoms with Crippen LogP contribution in [0.3, 0.4) is 0 Å². The van der Waals surface area contributed by atoms with Crippen molar-refractivity contribution in [2.45, 2.75) is 6.54 Å². The lowest BCUT2D eigenvalue weighted by Crippen LogP contribution is -2.01. The van der Waals surface area contributed by atoms with Crippen LogP contribution in [0.5, 0.6) is 0 Å². The summed E-state index contributed by atoms with van der Waals surface area (Å²) in [5, 5.41) is 2.83. The van der Waals surface area contributed by atoms with E-state index in [0.29, 0.717) is 6.54 Å². The molecule has 1 N–H and O–H groups in total. The van der Waals surface area contributed by atoms with Gasteiger partial charge in [0, 0.05) is 18.9 Å². The van der Waals surface area contributed by atoms with Gasteiger partial charge in [0.25, 0.3) is 0 Å². The molecule has 0 atom stereocenters. The van der Waals surface area contributed by atoms with E-state index in [0.717, 1.165) is 23.8 Å². The molecular weight excluding hydrogens is 210 g/mol. The maximum Gasteiger partial charge on any atom is 0.146 e. The molecule has 0 saturated heterocycles. The molecule has 0 radical (unpaired) electrons. The molecule has 0 aliphatic carbocycles. The van der Waals surface area contributed by atoms with Crippen LogP contribution >= 0.6 is 0 Å². The molecule has 0 bridgehead atoms. The van der Waals surface area contributed by atoms with E-state index < -0.39 is 11.6 Å². The summed E-state index contributed by atoms with van der Waals surface area (Å²) >= 11 is 0. The molecule has 2 rings (SSSR count).